The van der Waals surface area contributed by atoms with Crippen LogP contribution >= 0.6 is 0 Å². The summed E-state index contributed by atoms with van der Waals surface area (Å²) in [6.07, 6.45) is 0.355. The van der Waals surface area contributed by atoms with Crippen LogP contribution in [0, 0.1) is 0 Å². The number of aliphatic carboxylic acids is 1. The van der Waals surface area contributed by atoms with Crippen LogP contribution in [0.3, 0.4) is 0 Å². The fourth-order valence-corrected chi connectivity index (χ4v) is 3.99. The van der Waals surface area contributed by atoms with Crippen LogP contribution in [0.25, 0.3) is 0 Å². The van der Waals surface area contributed by atoms with Crippen LogP contribution < -0.4 is 20.7 Å². The summed E-state index contributed by atoms with van der Waals surface area (Å²) in [7, 11) is 0. The van der Waals surface area contributed by atoms with Gasteiger partial charge < -0.3 is 25.8 Å². The number of nitrogens with two attached hydrogens (primary N) is 1. The molecule has 1 heterocycles. The summed E-state index contributed by atoms with van der Waals surface area (Å²) in [5, 5.41) is 12.9. The van der Waals surface area contributed by atoms with Crippen LogP contribution in [0.5, 0.6) is 5.75 Å². The molecule has 1 amide bonds. The van der Waals surface area contributed by atoms with Crippen molar-refractivity contribution in [3.05, 3.63) is 90.0 Å². The molecule has 7 nitrogen and oxygen atoms in total. The molecular formula is C26H27N3O4. The molecule has 3 aromatic carbocycles. The van der Waals surface area contributed by atoms with E-state index in [0.717, 1.165) is 11.1 Å². The van der Waals surface area contributed by atoms with Crippen molar-refractivity contribution in [2.45, 2.75) is 24.9 Å². The first kappa shape index (κ1) is 22.4. The normalized spacial score (nSPS) is 16.4. The number of carboxylic acids is 1. The van der Waals surface area contributed by atoms with Gasteiger partial charge in [-0.1, -0.05) is 54.6 Å². The van der Waals surface area contributed by atoms with Crippen LogP contribution in [0.2, 0.25) is 0 Å². The minimum absolute atomic E-state index is 0.122. The summed E-state index contributed by atoms with van der Waals surface area (Å²) < 4.78 is 5.95. The highest BCUT2D eigenvalue weighted by molar-refractivity contribution is 5.99. The number of carbonyl (C=O) groups excluding carboxylic acids is 1. The molecule has 1 aliphatic heterocycles. The minimum Gasteiger partial charge on any atom is -0.489 e. The Morgan fingerprint density at radius 2 is 1.76 bits per heavy atom. The number of nitrogen functional groups attached to an aromatic ring is 1. The van der Waals surface area contributed by atoms with E-state index in [1.165, 1.54) is 0 Å². The first-order valence-corrected chi connectivity index (χ1v) is 10.9. The molecular weight excluding hydrogens is 418 g/mol. The topological polar surface area (TPSA) is 105 Å². The number of ether oxygens (including phenoxy) is 1. The number of carboxylic acid groups (broad SMARTS) is 1. The molecule has 170 valence electrons. The van der Waals surface area contributed by atoms with Gasteiger partial charge in [0.1, 0.15) is 18.4 Å². The number of amides is 1. The number of carbonyl (C=O) groups is 2. The Kier molecular flexibility index (Phi) is 6.90. The van der Waals surface area contributed by atoms with Crippen LogP contribution in [-0.4, -0.2) is 36.2 Å². The van der Waals surface area contributed by atoms with E-state index >= 15 is 0 Å². The summed E-state index contributed by atoms with van der Waals surface area (Å²) in [5.74, 6) is -1.02. The highest BCUT2D eigenvalue weighted by Crippen LogP contribution is 2.32. The first-order chi connectivity index (χ1) is 16.0. The highest BCUT2D eigenvalue weighted by Gasteiger charge is 2.31. The zero-order chi connectivity index (χ0) is 23.2. The van der Waals surface area contributed by atoms with Crippen molar-refractivity contribution < 1.29 is 19.4 Å². The molecule has 0 unspecified atom stereocenters. The van der Waals surface area contributed by atoms with Gasteiger partial charge in [-0.15, -0.1) is 0 Å². The van der Waals surface area contributed by atoms with Gasteiger partial charge in [0.05, 0.1) is 18.2 Å². The van der Waals surface area contributed by atoms with Crippen molar-refractivity contribution in [1.82, 2.24) is 5.32 Å². The maximum Gasteiger partial charge on any atom is 0.311 e. The standard InChI is InChI=1S/C26H27N3O4/c27-20-12-10-18(11-13-20)16-29-23-8-4-5-9-24(23)33-17-22(25(29)30)28-15-14-21(26(31)32)19-6-2-1-3-7-19/h1-13,21-22,28H,14-17,27H2,(H,31,32)/t21-,22-/m0/s1. The maximum atomic E-state index is 13.5. The van der Waals surface area contributed by atoms with E-state index in [9.17, 15) is 14.7 Å². The van der Waals surface area contributed by atoms with E-state index in [-0.39, 0.29) is 12.5 Å². The van der Waals surface area contributed by atoms with Crippen LogP contribution in [0.15, 0.2) is 78.9 Å². The molecule has 4 rings (SSSR count). The average Bonchev–Trinajstić information content (AvgIpc) is 2.95. The van der Waals surface area contributed by atoms with Gasteiger partial charge >= 0.3 is 5.97 Å². The van der Waals surface area contributed by atoms with E-state index in [1.807, 2.05) is 78.9 Å². The van der Waals surface area contributed by atoms with Gasteiger partial charge in [0.25, 0.3) is 0 Å². The molecule has 0 spiro atoms. The van der Waals surface area contributed by atoms with Crippen molar-refractivity contribution in [3.8, 4) is 5.75 Å². The monoisotopic (exact) mass is 445 g/mol. The average molecular weight is 446 g/mol. The zero-order valence-corrected chi connectivity index (χ0v) is 18.2. The lowest BCUT2D eigenvalue weighted by molar-refractivity contribution is -0.138. The fraction of sp³-hybridized carbons (Fsp3) is 0.231. The molecule has 0 saturated heterocycles. The first-order valence-electron chi connectivity index (χ1n) is 10.9. The van der Waals surface area contributed by atoms with E-state index in [4.69, 9.17) is 10.5 Å². The number of fused-ring (bicyclic) bond motifs is 1. The van der Waals surface area contributed by atoms with E-state index in [1.54, 1.807) is 4.90 Å². The molecule has 3 aromatic rings. The predicted octanol–water partition coefficient (Wildman–Crippen LogP) is 3.41. The van der Waals surface area contributed by atoms with Crippen LogP contribution in [-0.2, 0) is 16.1 Å². The molecule has 0 saturated carbocycles. The Hall–Kier alpha value is -3.84. The molecule has 0 bridgehead atoms. The van der Waals surface area contributed by atoms with Gasteiger partial charge in [-0.25, -0.2) is 0 Å². The van der Waals surface area contributed by atoms with Gasteiger partial charge in [0, 0.05) is 5.69 Å². The number of nitrogens with zero attached hydrogens (tertiary/aromatic N) is 1. The second kappa shape index (κ2) is 10.2. The summed E-state index contributed by atoms with van der Waals surface area (Å²) in [6, 6.07) is 23.4. The Morgan fingerprint density at radius 1 is 1.06 bits per heavy atom. The number of nitrogens with one attached hydrogen (secondary N) is 1. The number of benzene rings is 3. The van der Waals surface area contributed by atoms with Gasteiger partial charge in [0.2, 0.25) is 5.91 Å². The van der Waals surface area contributed by atoms with E-state index in [0.29, 0.717) is 36.6 Å². The third-order valence-electron chi connectivity index (χ3n) is 5.77. The molecule has 0 aromatic heterocycles. The third-order valence-corrected chi connectivity index (χ3v) is 5.77. The minimum atomic E-state index is -0.885. The summed E-state index contributed by atoms with van der Waals surface area (Å²) in [6.45, 7) is 0.897. The predicted molar refractivity (Wildman–Crippen MR) is 127 cm³/mol. The molecule has 1 aliphatic rings. The highest BCUT2D eigenvalue weighted by atomic mass is 16.5. The van der Waals surface area contributed by atoms with Crippen molar-refractivity contribution in [2.75, 3.05) is 23.8 Å². The summed E-state index contributed by atoms with van der Waals surface area (Å²) >= 11 is 0. The maximum absolute atomic E-state index is 13.5. The lowest BCUT2D eigenvalue weighted by Crippen LogP contribution is -2.48. The zero-order valence-electron chi connectivity index (χ0n) is 18.2. The quantitative estimate of drug-likeness (QED) is 0.459. The largest absolute Gasteiger partial charge is 0.489 e. The van der Waals surface area contributed by atoms with Gasteiger partial charge in [-0.05, 0) is 48.4 Å². The Bertz CT molecular complexity index is 1100. The van der Waals surface area contributed by atoms with E-state index < -0.39 is 17.9 Å². The molecule has 0 aliphatic carbocycles. The molecule has 4 N–H and O–H groups in total. The van der Waals surface area contributed by atoms with Crippen LogP contribution in [0.4, 0.5) is 11.4 Å². The van der Waals surface area contributed by atoms with Crippen LogP contribution in [0.1, 0.15) is 23.5 Å². The van der Waals surface area contributed by atoms with Gasteiger partial charge in [0.15, 0.2) is 0 Å². The Morgan fingerprint density at radius 3 is 2.48 bits per heavy atom. The van der Waals surface area contributed by atoms with E-state index in [2.05, 4.69) is 5.32 Å². The summed E-state index contributed by atoms with van der Waals surface area (Å²) in [4.78, 5) is 27.0. The fourth-order valence-electron chi connectivity index (χ4n) is 3.99. The molecule has 2 atom stereocenters. The van der Waals surface area contributed by atoms with Crippen molar-refractivity contribution >= 4 is 23.3 Å². The summed E-state index contributed by atoms with van der Waals surface area (Å²) in [5.41, 5.74) is 8.86. The molecule has 7 heteroatoms. The lowest BCUT2D eigenvalue weighted by Gasteiger charge is -2.25. The SMILES string of the molecule is Nc1ccc(CN2C(=O)[C@@H](NCC[C@H](C(=O)O)c3ccccc3)COc3ccccc32)cc1. The number of rotatable bonds is 8. The molecule has 33 heavy (non-hydrogen) atoms. The van der Waals surface area contributed by atoms with Gasteiger partial charge in [-0.3, -0.25) is 9.59 Å². The van der Waals surface area contributed by atoms with Crippen molar-refractivity contribution in [3.63, 3.8) is 0 Å². The Balaban J connectivity index is 1.49. The van der Waals surface area contributed by atoms with Gasteiger partial charge in [-0.2, -0.15) is 0 Å². The second-order valence-corrected chi connectivity index (χ2v) is 8.04. The number of hydrogen-bond donors (Lipinski definition) is 3. The van der Waals surface area contributed by atoms with Crippen molar-refractivity contribution in [2.24, 2.45) is 0 Å². The number of hydrogen-bond acceptors (Lipinski definition) is 5. The lowest BCUT2D eigenvalue weighted by atomic mass is 9.96. The number of para-hydroxylation sites is 2. The van der Waals surface area contributed by atoms with Crippen molar-refractivity contribution in [1.29, 1.82) is 0 Å². The molecule has 0 fully saturated rings. The Labute approximate surface area is 192 Å². The third kappa shape index (κ3) is 5.32. The second-order valence-electron chi connectivity index (χ2n) is 8.04. The number of anilines is 2. The molecule has 0 radical (unpaired) electrons. The smallest absolute Gasteiger partial charge is 0.311 e.